The molecule has 0 saturated heterocycles. The average molecular weight is 208 g/mol. The molecule has 1 heterocycles. The third-order valence-electron chi connectivity index (χ3n) is 3.05. The van der Waals surface area contributed by atoms with Crippen molar-refractivity contribution in [3.63, 3.8) is 0 Å². The fourth-order valence-electron chi connectivity index (χ4n) is 1.94. The lowest BCUT2D eigenvalue weighted by Crippen LogP contribution is -2.16. The first-order valence-corrected chi connectivity index (χ1v) is 5.39. The summed E-state index contributed by atoms with van der Waals surface area (Å²) in [6.45, 7) is 4.11. The third kappa shape index (κ3) is 1.73. The second-order valence-electron chi connectivity index (χ2n) is 4.13. The lowest BCUT2D eigenvalue weighted by Gasteiger charge is -2.12. The number of hydrogen-bond donors (Lipinski definition) is 1. The molecule has 0 radical (unpaired) electrons. The van der Waals surface area contributed by atoms with Crippen LogP contribution in [-0.4, -0.2) is 20.9 Å². The minimum absolute atomic E-state index is 0.324. The van der Waals surface area contributed by atoms with Crippen LogP contribution in [0.2, 0.25) is 0 Å². The number of hydrogen-bond acceptors (Lipinski definition) is 3. The summed E-state index contributed by atoms with van der Waals surface area (Å²) >= 11 is 0. The molecule has 82 valence electrons. The first-order valence-electron chi connectivity index (χ1n) is 5.39. The first-order chi connectivity index (χ1) is 7.15. The van der Waals surface area contributed by atoms with Crippen molar-refractivity contribution in [3.05, 3.63) is 11.4 Å². The van der Waals surface area contributed by atoms with E-state index in [0.717, 1.165) is 12.1 Å². The summed E-state index contributed by atoms with van der Waals surface area (Å²) in [5.74, 6) is 0.207. The Kier molecular flexibility index (Phi) is 2.46. The van der Waals surface area contributed by atoms with Gasteiger partial charge in [-0.15, -0.1) is 5.10 Å². The molecule has 1 saturated carbocycles. The highest BCUT2D eigenvalue weighted by atomic mass is 16.1. The lowest BCUT2D eigenvalue weighted by atomic mass is 10.2. The van der Waals surface area contributed by atoms with E-state index in [9.17, 15) is 4.79 Å². The largest absolute Gasteiger partial charge is 0.364 e. The molecular formula is C10H16N4O. The Morgan fingerprint density at radius 3 is 2.80 bits per heavy atom. The lowest BCUT2D eigenvalue weighted by molar-refractivity contribution is 0.0994. The average Bonchev–Trinajstić information content (AvgIpc) is 2.95. The molecule has 1 amide bonds. The van der Waals surface area contributed by atoms with Gasteiger partial charge in [-0.25, -0.2) is 4.68 Å². The van der Waals surface area contributed by atoms with Crippen LogP contribution < -0.4 is 5.73 Å². The van der Waals surface area contributed by atoms with E-state index in [0.29, 0.717) is 17.7 Å². The van der Waals surface area contributed by atoms with Gasteiger partial charge < -0.3 is 5.73 Å². The van der Waals surface area contributed by atoms with Crippen LogP contribution in [0.4, 0.5) is 0 Å². The highest BCUT2D eigenvalue weighted by molar-refractivity contribution is 5.91. The van der Waals surface area contributed by atoms with Gasteiger partial charge >= 0.3 is 0 Å². The molecule has 15 heavy (non-hydrogen) atoms. The summed E-state index contributed by atoms with van der Waals surface area (Å²) in [6, 6.07) is 0.334. The normalized spacial score (nSPS) is 17.7. The SMILES string of the molecule is CCc1c(C(N)=O)nnn1C(C)C1CC1. The van der Waals surface area contributed by atoms with Crippen molar-refractivity contribution in [2.75, 3.05) is 0 Å². The minimum Gasteiger partial charge on any atom is -0.364 e. The van der Waals surface area contributed by atoms with E-state index < -0.39 is 5.91 Å². The highest BCUT2D eigenvalue weighted by Gasteiger charge is 2.32. The van der Waals surface area contributed by atoms with E-state index in [1.54, 1.807) is 0 Å². The van der Waals surface area contributed by atoms with Gasteiger partial charge in [-0.2, -0.15) is 0 Å². The standard InChI is InChI=1S/C10H16N4O/c1-3-8-9(10(11)15)12-13-14(8)6(2)7-4-5-7/h6-7H,3-5H2,1-2H3,(H2,11,15). The topological polar surface area (TPSA) is 73.8 Å². The van der Waals surface area contributed by atoms with Crippen LogP contribution in [0.3, 0.4) is 0 Å². The molecule has 1 unspecified atom stereocenters. The van der Waals surface area contributed by atoms with Crippen molar-refractivity contribution in [2.45, 2.75) is 39.2 Å². The Bertz CT molecular complexity index is 381. The molecule has 1 aromatic rings. The zero-order valence-corrected chi connectivity index (χ0v) is 9.10. The second-order valence-corrected chi connectivity index (χ2v) is 4.13. The molecular weight excluding hydrogens is 192 g/mol. The molecule has 1 atom stereocenters. The summed E-state index contributed by atoms with van der Waals surface area (Å²) in [6.07, 6.45) is 3.23. The van der Waals surface area contributed by atoms with Gasteiger partial charge in [0.15, 0.2) is 5.69 Å². The van der Waals surface area contributed by atoms with Crippen molar-refractivity contribution in [3.8, 4) is 0 Å². The fourth-order valence-corrected chi connectivity index (χ4v) is 1.94. The maximum atomic E-state index is 11.1. The summed E-state index contributed by atoms with van der Waals surface area (Å²) < 4.78 is 1.86. The van der Waals surface area contributed by atoms with E-state index in [2.05, 4.69) is 17.2 Å². The molecule has 5 heteroatoms. The van der Waals surface area contributed by atoms with Gasteiger partial charge in [-0.3, -0.25) is 4.79 Å². The molecule has 0 aromatic carbocycles. The summed E-state index contributed by atoms with van der Waals surface area (Å²) in [5.41, 5.74) is 6.43. The summed E-state index contributed by atoms with van der Waals surface area (Å²) in [7, 11) is 0. The van der Waals surface area contributed by atoms with Gasteiger partial charge in [0, 0.05) is 0 Å². The fraction of sp³-hybridized carbons (Fsp3) is 0.700. The predicted octanol–water partition coefficient (Wildman–Crippen LogP) is 0.910. The molecule has 2 rings (SSSR count). The number of carbonyl (C=O) groups excluding carboxylic acids is 1. The number of nitrogens with zero attached hydrogens (tertiary/aromatic N) is 3. The molecule has 0 bridgehead atoms. The predicted molar refractivity (Wildman–Crippen MR) is 55.4 cm³/mol. The van der Waals surface area contributed by atoms with Crippen molar-refractivity contribution in [1.29, 1.82) is 0 Å². The van der Waals surface area contributed by atoms with Crippen molar-refractivity contribution in [1.82, 2.24) is 15.0 Å². The Balaban J connectivity index is 2.34. The van der Waals surface area contributed by atoms with Crippen LogP contribution in [0.1, 0.15) is 48.9 Å². The van der Waals surface area contributed by atoms with Crippen molar-refractivity contribution >= 4 is 5.91 Å². The molecule has 0 spiro atoms. The van der Waals surface area contributed by atoms with Crippen LogP contribution in [-0.2, 0) is 6.42 Å². The van der Waals surface area contributed by atoms with Crippen LogP contribution in [0, 0.1) is 5.92 Å². The number of nitrogens with two attached hydrogens (primary N) is 1. The molecule has 5 nitrogen and oxygen atoms in total. The van der Waals surface area contributed by atoms with E-state index >= 15 is 0 Å². The van der Waals surface area contributed by atoms with Crippen molar-refractivity contribution in [2.24, 2.45) is 11.7 Å². The maximum absolute atomic E-state index is 11.1. The van der Waals surface area contributed by atoms with Gasteiger partial charge in [-0.1, -0.05) is 12.1 Å². The number of carbonyl (C=O) groups is 1. The molecule has 0 aliphatic heterocycles. The molecule has 1 aliphatic rings. The Labute approximate surface area is 88.6 Å². The van der Waals surface area contributed by atoms with Gasteiger partial charge in [0.05, 0.1) is 11.7 Å². The maximum Gasteiger partial charge on any atom is 0.271 e. The van der Waals surface area contributed by atoms with Gasteiger partial charge in [0.1, 0.15) is 0 Å². The van der Waals surface area contributed by atoms with Crippen LogP contribution in [0.25, 0.3) is 0 Å². The van der Waals surface area contributed by atoms with E-state index in [4.69, 9.17) is 5.73 Å². The van der Waals surface area contributed by atoms with Gasteiger partial charge in [-0.05, 0) is 32.1 Å². The number of amides is 1. The minimum atomic E-state index is -0.485. The smallest absolute Gasteiger partial charge is 0.271 e. The highest BCUT2D eigenvalue weighted by Crippen LogP contribution is 2.39. The summed E-state index contributed by atoms with van der Waals surface area (Å²) in [5, 5.41) is 7.89. The van der Waals surface area contributed by atoms with Crippen LogP contribution >= 0.6 is 0 Å². The third-order valence-corrected chi connectivity index (χ3v) is 3.05. The summed E-state index contributed by atoms with van der Waals surface area (Å²) in [4.78, 5) is 11.1. The van der Waals surface area contributed by atoms with E-state index in [-0.39, 0.29) is 0 Å². The first kappa shape index (κ1) is 10.1. The quantitative estimate of drug-likeness (QED) is 0.799. The number of aromatic nitrogens is 3. The van der Waals surface area contributed by atoms with Gasteiger partial charge in [0.2, 0.25) is 0 Å². The number of primary amides is 1. The van der Waals surface area contributed by atoms with Crippen LogP contribution in [0.15, 0.2) is 0 Å². The van der Waals surface area contributed by atoms with E-state index in [1.807, 2.05) is 11.6 Å². The van der Waals surface area contributed by atoms with Gasteiger partial charge in [0.25, 0.3) is 5.91 Å². The molecule has 1 fully saturated rings. The monoisotopic (exact) mass is 208 g/mol. The number of rotatable bonds is 4. The molecule has 2 N–H and O–H groups in total. The Morgan fingerprint density at radius 1 is 1.67 bits per heavy atom. The zero-order chi connectivity index (χ0) is 11.0. The molecule has 1 aliphatic carbocycles. The van der Waals surface area contributed by atoms with E-state index in [1.165, 1.54) is 12.8 Å². The molecule has 1 aromatic heterocycles. The van der Waals surface area contributed by atoms with Crippen molar-refractivity contribution < 1.29 is 4.79 Å². The Hall–Kier alpha value is -1.39. The van der Waals surface area contributed by atoms with Crippen LogP contribution in [0.5, 0.6) is 0 Å². The Morgan fingerprint density at radius 2 is 2.33 bits per heavy atom. The zero-order valence-electron chi connectivity index (χ0n) is 9.10. The second kappa shape index (κ2) is 3.64.